The molecule has 1 heterocycles. The second kappa shape index (κ2) is 8.15. The lowest BCUT2D eigenvalue weighted by Gasteiger charge is -2.31. The maximum absolute atomic E-state index is 12.4. The molecule has 0 unspecified atom stereocenters. The summed E-state index contributed by atoms with van der Waals surface area (Å²) in [5.41, 5.74) is 7.63. The van der Waals surface area contributed by atoms with Gasteiger partial charge in [0, 0.05) is 39.9 Å². The Morgan fingerprint density at radius 3 is 2.46 bits per heavy atom. The summed E-state index contributed by atoms with van der Waals surface area (Å²) in [7, 11) is 5.82. The molecule has 1 aliphatic rings. The molecule has 0 bridgehead atoms. The number of likely N-dealkylation sites (N-methyl/N-ethyl adjacent to an activating group) is 1. The van der Waals surface area contributed by atoms with Gasteiger partial charge >= 0.3 is 0 Å². The van der Waals surface area contributed by atoms with Crippen LogP contribution in [-0.2, 0) is 16.1 Å². The Balaban J connectivity index is 1.86. The van der Waals surface area contributed by atoms with E-state index >= 15 is 0 Å². The van der Waals surface area contributed by atoms with Crippen molar-refractivity contribution < 1.29 is 9.59 Å². The van der Waals surface area contributed by atoms with Crippen molar-refractivity contribution in [3.63, 3.8) is 0 Å². The first-order valence-electron chi connectivity index (χ1n) is 8.38. The molecule has 1 saturated heterocycles. The van der Waals surface area contributed by atoms with Gasteiger partial charge in [0.1, 0.15) is 0 Å². The lowest BCUT2D eigenvalue weighted by molar-refractivity contribution is -0.133. The maximum Gasteiger partial charge on any atom is 0.236 e. The van der Waals surface area contributed by atoms with E-state index in [0.29, 0.717) is 19.6 Å². The van der Waals surface area contributed by atoms with Gasteiger partial charge in [-0.2, -0.15) is 0 Å². The minimum atomic E-state index is -0.263. The zero-order chi connectivity index (χ0) is 17.7. The summed E-state index contributed by atoms with van der Waals surface area (Å²) in [5, 5.41) is 0. The van der Waals surface area contributed by atoms with E-state index in [4.69, 9.17) is 5.73 Å². The summed E-state index contributed by atoms with van der Waals surface area (Å²) in [5.74, 6) is -0.325. The zero-order valence-electron chi connectivity index (χ0n) is 14.9. The smallest absolute Gasteiger partial charge is 0.236 e. The summed E-state index contributed by atoms with van der Waals surface area (Å²) in [6, 6.07) is 8.19. The molecule has 0 radical (unpaired) electrons. The van der Waals surface area contributed by atoms with Crippen molar-refractivity contribution in [2.45, 2.75) is 19.4 Å². The Labute approximate surface area is 144 Å². The maximum atomic E-state index is 12.4. The van der Waals surface area contributed by atoms with Gasteiger partial charge in [0.2, 0.25) is 11.8 Å². The van der Waals surface area contributed by atoms with Gasteiger partial charge in [-0.15, -0.1) is 0 Å². The summed E-state index contributed by atoms with van der Waals surface area (Å²) in [6.07, 6.45) is 1.74. The average Bonchev–Trinajstić information content (AvgIpc) is 2.55. The average molecular weight is 332 g/mol. The molecule has 1 aromatic carbocycles. The van der Waals surface area contributed by atoms with Crippen LogP contribution in [0.25, 0.3) is 0 Å². The van der Waals surface area contributed by atoms with Crippen molar-refractivity contribution in [1.82, 2.24) is 9.80 Å². The molecule has 0 aliphatic carbocycles. The topological polar surface area (TPSA) is 69.9 Å². The van der Waals surface area contributed by atoms with E-state index in [1.165, 1.54) is 0 Å². The molecule has 0 saturated carbocycles. The van der Waals surface area contributed by atoms with E-state index in [0.717, 1.165) is 30.6 Å². The molecule has 1 atom stereocenters. The Bertz CT molecular complexity index is 571. The van der Waals surface area contributed by atoms with Gasteiger partial charge in [-0.1, -0.05) is 12.1 Å². The van der Waals surface area contributed by atoms with Crippen LogP contribution in [0.2, 0.25) is 0 Å². The van der Waals surface area contributed by atoms with Gasteiger partial charge in [-0.25, -0.2) is 0 Å². The van der Waals surface area contributed by atoms with Gasteiger partial charge < -0.3 is 15.5 Å². The molecule has 2 amide bonds. The molecule has 6 heteroatoms. The third kappa shape index (κ3) is 4.96. The van der Waals surface area contributed by atoms with Crippen molar-refractivity contribution in [1.29, 1.82) is 0 Å². The number of hydrogen-bond acceptors (Lipinski definition) is 4. The predicted octanol–water partition coefficient (Wildman–Crippen LogP) is 0.908. The molecular weight excluding hydrogens is 304 g/mol. The third-order valence-electron chi connectivity index (χ3n) is 4.56. The number of nitrogens with zero attached hydrogens (tertiary/aromatic N) is 3. The fourth-order valence-corrected chi connectivity index (χ4v) is 3.00. The Hall–Kier alpha value is -2.08. The number of amides is 2. The van der Waals surface area contributed by atoms with Crippen molar-refractivity contribution in [3.05, 3.63) is 29.8 Å². The molecule has 1 fully saturated rings. The monoisotopic (exact) mass is 332 g/mol. The van der Waals surface area contributed by atoms with E-state index in [1.807, 2.05) is 43.1 Å². The lowest BCUT2D eigenvalue weighted by Crippen LogP contribution is -2.45. The van der Waals surface area contributed by atoms with Crippen LogP contribution in [0.5, 0.6) is 0 Å². The second-order valence-electron chi connectivity index (χ2n) is 6.79. The molecule has 6 nitrogen and oxygen atoms in total. The molecular formula is C18H28N4O2. The standard InChI is InChI=1S/C18H28N4O2/c1-20(2)16-8-6-14(7-9-16)11-21(3)17(23)13-22-10-4-5-15(12-22)18(19)24/h6-9,15H,4-5,10-13H2,1-3H3,(H2,19,24)/t15-/m1/s1. The highest BCUT2D eigenvalue weighted by molar-refractivity contribution is 5.79. The van der Waals surface area contributed by atoms with E-state index in [2.05, 4.69) is 12.1 Å². The van der Waals surface area contributed by atoms with Crippen LogP contribution < -0.4 is 10.6 Å². The fourth-order valence-electron chi connectivity index (χ4n) is 3.00. The molecule has 1 aromatic rings. The Morgan fingerprint density at radius 1 is 1.21 bits per heavy atom. The Morgan fingerprint density at radius 2 is 1.88 bits per heavy atom. The first-order valence-corrected chi connectivity index (χ1v) is 8.38. The van der Waals surface area contributed by atoms with Gasteiger partial charge in [0.25, 0.3) is 0 Å². The third-order valence-corrected chi connectivity index (χ3v) is 4.56. The largest absolute Gasteiger partial charge is 0.378 e. The summed E-state index contributed by atoms with van der Waals surface area (Å²) in [4.78, 5) is 29.6. The summed E-state index contributed by atoms with van der Waals surface area (Å²) < 4.78 is 0. The number of benzene rings is 1. The normalized spacial score (nSPS) is 18.2. The summed E-state index contributed by atoms with van der Waals surface area (Å²) in [6.45, 7) is 2.36. The number of likely N-dealkylation sites (tertiary alicyclic amines) is 1. The molecule has 2 rings (SSSR count). The van der Waals surface area contributed by atoms with Gasteiger partial charge in [-0.05, 0) is 37.1 Å². The molecule has 24 heavy (non-hydrogen) atoms. The number of carbonyl (C=O) groups excluding carboxylic acids is 2. The van der Waals surface area contributed by atoms with Gasteiger partial charge in [-0.3, -0.25) is 14.5 Å². The highest BCUT2D eigenvalue weighted by Crippen LogP contribution is 2.17. The van der Waals surface area contributed by atoms with E-state index < -0.39 is 0 Å². The minimum absolute atomic E-state index is 0.0665. The van der Waals surface area contributed by atoms with Crippen LogP contribution in [0, 0.1) is 5.92 Å². The number of primary amides is 1. The number of piperidine rings is 1. The second-order valence-corrected chi connectivity index (χ2v) is 6.79. The van der Waals surface area contributed by atoms with Crippen LogP contribution >= 0.6 is 0 Å². The van der Waals surface area contributed by atoms with Crippen LogP contribution in [-0.4, -0.2) is 62.4 Å². The molecule has 0 aromatic heterocycles. The summed E-state index contributed by atoms with van der Waals surface area (Å²) >= 11 is 0. The number of carbonyl (C=O) groups is 2. The first-order chi connectivity index (χ1) is 11.4. The van der Waals surface area contributed by atoms with Crippen LogP contribution in [0.1, 0.15) is 18.4 Å². The lowest BCUT2D eigenvalue weighted by atomic mass is 9.97. The number of hydrogen-bond donors (Lipinski definition) is 1. The minimum Gasteiger partial charge on any atom is -0.378 e. The predicted molar refractivity (Wildman–Crippen MR) is 95.6 cm³/mol. The van der Waals surface area contributed by atoms with Crippen LogP contribution in [0.4, 0.5) is 5.69 Å². The van der Waals surface area contributed by atoms with Gasteiger partial charge in [0.15, 0.2) is 0 Å². The SMILES string of the molecule is CN(Cc1ccc(N(C)C)cc1)C(=O)CN1CCC[C@@H](C(N)=O)C1. The fraction of sp³-hybridized carbons (Fsp3) is 0.556. The zero-order valence-corrected chi connectivity index (χ0v) is 14.9. The molecule has 1 aliphatic heterocycles. The van der Waals surface area contributed by atoms with Crippen molar-refractivity contribution in [2.75, 3.05) is 45.7 Å². The Kier molecular flexibility index (Phi) is 6.20. The number of anilines is 1. The van der Waals surface area contributed by atoms with Crippen molar-refractivity contribution in [3.8, 4) is 0 Å². The van der Waals surface area contributed by atoms with E-state index in [-0.39, 0.29) is 17.7 Å². The molecule has 0 spiro atoms. The highest BCUT2D eigenvalue weighted by Gasteiger charge is 2.25. The number of rotatable bonds is 6. The molecule has 132 valence electrons. The van der Waals surface area contributed by atoms with E-state index in [9.17, 15) is 9.59 Å². The van der Waals surface area contributed by atoms with Crippen LogP contribution in [0.3, 0.4) is 0 Å². The van der Waals surface area contributed by atoms with Gasteiger partial charge in [0.05, 0.1) is 12.5 Å². The van der Waals surface area contributed by atoms with Crippen molar-refractivity contribution >= 4 is 17.5 Å². The highest BCUT2D eigenvalue weighted by atomic mass is 16.2. The first kappa shape index (κ1) is 18.3. The molecule has 2 N–H and O–H groups in total. The van der Waals surface area contributed by atoms with Crippen molar-refractivity contribution in [2.24, 2.45) is 11.7 Å². The number of nitrogens with two attached hydrogens (primary N) is 1. The van der Waals surface area contributed by atoms with Crippen LogP contribution in [0.15, 0.2) is 24.3 Å². The quantitative estimate of drug-likeness (QED) is 0.841. The van der Waals surface area contributed by atoms with E-state index in [1.54, 1.807) is 4.90 Å².